The van der Waals surface area contributed by atoms with Crippen molar-refractivity contribution in [3.8, 4) is 0 Å². The van der Waals surface area contributed by atoms with Gasteiger partial charge in [-0.05, 0) is 18.9 Å². The average molecular weight is 202 g/mol. The highest BCUT2D eigenvalue weighted by Gasteiger charge is 1.98. The fourth-order valence-electron chi connectivity index (χ4n) is 0.875. The number of carbonyl (C=O) groups excluding carboxylic acids is 1. The third-order valence-corrected chi connectivity index (χ3v) is 1.47. The maximum Gasteiger partial charge on any atom is 0.216 e. The van der Waals surface area contributed by atoms with Gasteiger partial charge in [-0.2, -0.15) is 0 Å². The molecule has 0 aromatic carbocycles. The van der Waals surface area contributed by atoms with Gasteiger partial charge in [0.05, 0.1) is 27.3 Å². The molecule has 0 unspecified atom stereocenters. The first kappa shape index (κ1) is 15.6. The molecule has 0 aromatic rings. The minimum absolute atomic E-state index is 0. The summed E-state index contributed by atoms with van der Waals surface area (Å²) in [4.78, 5) is 10.5. The quantitative estimate of drug-likeness (QED) is 0.533. The van der Waals surface area contributed by atoms with E-state index in [2.05, 4.69) is 38.7 Å². The van der Waals surface area contributed by atoms with Crippen molar-refractivity contribution in [2.75, 3.05) is 27.7 Å². The normalized spacial score (nSPS) is 11.1. The van der Waals surface area contributed by atoms with Gasteiger partial charge in [-0.15, -0.1) is 0 Å². The molecular formula is C10H22N2O2. The van der Waals surface area contributed by atoms with E-state index in [1.54, 1.807) is 6.92 Å². The van der Waals surface area contributed by atoms with Crippen molar-refractivity contribution in [3.05, 3.63) is 12.3 Å². The molecule has 0 saturated heterocycles. The predicted molar refractivity (Wildman–Crippen MR) is 57.0 cm³/mol. The Morgan fingerprint density at radius 2 is 1.93 bits per heavy atom. The predicted octanol–water partition coefficient (Wildman–Crippen LogP) is 0.946. The van der Waals surface area contributed by atoms with Crippen molar-refractivity contribution in [2.45, 2.75) is 19.8 Å². The van der Waals surface area contributed by atoms with Gasteiger partial charge in [0.1, 0.15) is 0 Å². The van der Waals surface area contributed by atoms with Crippen LogP contribution in [0.25, 0.3) is 0 Å². The van der Waals surface area contributed by atoms with Crippen molar-refractivity contribution in [1.82, 2.24) is 5.32 Å². The largest absolute Gasteiger partial charge is 0.870 e. The molecule has 0 aliphatic carbocycles. The van der Waals surface area contributed by atoms with E-state index < -0.39 is 0 Å². The molecule has 2 N–H and O–H groups in total. The van der Waals surface area contributed by atoms with E-state index in [0.29, 0.717) is 0 Å². The Morgan fingerprint density at radius 1 is 1.36 bits per heavy atom. The van der Waals surface area contributed by atoms with E-state index >= 15 is 0 Å². The number of allylic oxidation sites excluding steroid dienone is 1. The number of nitrogens with zero attached hydrogens (tertiary/aromatic N) is 1. The minimum atomic E-state index is 0. The van der Waals surface area contributed by atoms with Gasteiger partial charge in [-0.3, -0.25) is 4.79 Å². The molecule has 0 bridgehead atoms. The van der Waals surface area contributed by atoms with Crippen LogP contribution in [0.3, 0.4) is 0 Å². The lowest BCUT2D eigenvalue weighted by Gasteiger charge is -2.17. The molecule has 0 radical (unpaired) electrons. The molecule has 0 saturated carbocycles. The second kappa shape index (κ2) is 7.53. The van der Waals surface area contributed by atoms with E-state index in [9.17, 15) is 4.79 Å². The summed E-state index contributed by atoms with van der Waals surface area (Å²) in [6.45, 7) is 2.32. The van der Waals surface area contributed by atoms with Crippen LogP contribution >= 0.6 is 0 Å². The molecule has 0 heterocycles. The van der Waals surface area contributed by atoms with E-state index in [1.165, 1.54) is 0 Å². The van der Waals surface area contributed by atoms with Crippen LogP contribution in [0.5, 0.6) is 0 Å². The molecule has 0 aliphatic rings. The third-order valence-electron chi connectivity index (χ3n) is 1.47. The molecule has 0 fully saturated rings. The molecule has 0 rings (SSSR count). The first-order chi connectivity index (χ1) is 5.92. The number of unbranched alkanes of at least 4 members (excludes halogenated alkanes) is 1. The zero-order chi connectivity index (χ0) is 10.3. The fourth-order valence-corrected chi connectivity index (χ4v) is 0.875. The zero-order valence-corrected chi connectivity index (χ0v) is 9.58. The Hall–Kier alpha value is -0.870. The standard InChI is InChI=1S/C10H20N2O.H2O/c1-10(13)11-8-6-5-7-9-12(2,3)4;/h7,9H,5-6,8H2,1-4H3;1H2/b9-7+;. The Kier molecular flexibility index (Phi) is 8.38. The second-order valence-electron chi connectivity index (χ2n) is 4.13. The molecule has 4 heteroatoms. The fraction of sp³-hybridized carbons (Fsp3) is 0.700. The van der Waals surface area contributed by atoms with Crippen molar-refractivity contribution in [3.63, 3.8) is 0 Å². The van der Waals surface area contributed by atoms with Gasteiger partial charge >= 0.3 is 0 Å². The van der Waals surface area contributed by atoms with Gasteiger partial charge in [0.15, 0.2) is 0 Å². The molecule has 14 heavy (non-hydrogen) atoms. The van der Waals surface area contributed by atoms with Crippen molar-refractivity contribution in [1.29, 1.82) is 0 Å². The lowest BCUT2D eigenvalue weighted by Crippen LogP contribution is -2.26. The Morgan fingerprint density at radius 3 is 2.36 bits per heavy atom. The second-order valence-corrected chi connectivity index (χ2v) is 4.13. The van der Waals surface area contributed by atoms with Gasteiger partial charge in [-0.1, -0.05) is 0 Å². The molecule has 0 aromatic heterocycles. The van der Waals surface area contributed by atoms with E-state index in [0.717, 1.165) is 23.9 Å². The van der Waals surface area contributed by atoms with Gasteiger partial charge in [-0.25, -0.2) is 0 Å². The maximum atomic E-state index is 10.5. The summed E-state index contributed by atoms with van der Waals surface area (Å²) in [7, 11) is 6.35. The van der Waals surface area contributed by atoms with Crippen LogP contribution in [0, 0.1) is 0 Å². The van der Waals surface area contributed by atoms with Gasteiger partial charge in [0.2, 0.25) is 5.91 Å². The molecule has 1 amide bonds. The topological polar surface area (TPSA) is 59.1 Å². The molecule has 84 valence electrons. The molecule has 0 spiro atoms. The van der Waals surface area contributed by atoms with Crippen LogP contribution in [0.15, 0.2) is 12.3 Å². The summed E-state index contributed by atoms with van der Waals surface area (Å²) in [6.07, 6.45) is 6.33. The first-order valence-electron chi connectivity index (χ1n) is 4.65. The lowest BCUT2D eigenvalue weighted by atomic mass is 10.3. The Balaban J connectivity index is 0. The highest BCUT2D eigenvalue weighted by Crippen LogP contribution is 1.95. The number of quaternary nitrogens is 1. The van der Waals surface area contributed by atoms with Crippen LogP contribution in [-0.4, -0.2) is 43.6 Å². The van der Waals surface area contributed by atoms with Crippen molar-refractivity contribution < 1.29 is 14.8 Å². The molecule has 0 aliphatic heterocycles. The van der Waals surface area contributed by atoms with E-state index in [1.807, 2.05) is 0 Å². The Labute approximate surface area is 86.5 Å². The van der Waals surface area contributed by atoms with Gasteiger partial charge < -0.3 is 15.3 Å². The molecule has 0 atom stereocenters. The smallest absolute Gasteiger partial charge is 0.216 e. The first-order valence-corrected chi connectivity index (χ1v) is 4.65. The molecular weight excluding hydrogens is 180 g/mol. The number of hydrogen-bond donors (Lipinski definition) is 1. The van der Waals surface area contributed by atoms with Crippen LogP contribution in [0.2, 0.25) is 0 Å². The summed E-state index contributed by atoms with van der Waals surface area (Å²) in [5.41, 5.74) is 0. The average Bonchev–Trinajstić information content (AvgIpc) is 1.93. The monoisotopic (exact) mass is 202 g/mol. The summed E-state index contributed by atoms with van der Waals surface area (Å²) >= 11 is 0. The van der Waals surface area contributed by atoms with Gasteiger partial charge in [0, 0.05) is 13.5 Å². The maximum absolute atomic E-state index is 10.5. The summed E-state index contributed by atoms with van der Waals surface area (Å²) < 4.78 is 0.847. The highest BCUT2D eigenvalue weighted by molar-refractivity contribution is 5.72. The number of amides is 1. The van der Waals surface area contributed by atoms with Crippen LogP contribution in [0.4, 0.5) is 0 Å². The van der Waals surface area contributed by atoms with Crippen LogP contribution in [-0.2, 0) is 4.79 Å². The minimum Gasteiger partial charge on any atom is -0.870 e. The van der Waals surface area contributed by atoms with E-state index in [4.69, 9.17) is 0 Å². The Bertz CT molecular complexity index is 183. The number of hydrogen-bond acceptors (Lipinski definition) is 2. The summed E-state index contributed by atoms with van der Waals surface area (Å²) in [5.74, 6) is 0.0515. The third kappa shape index (κ3) is 13.7. The van der Waals surface area contributed by atoms with E-state index in [-0.39, 0.29) is 11.4 Å². The highest BCUT2D eigenvalue weighted by atomic mass is 16.1. The number of rotatable bonds is 5. The SMILES string of the molecule is CC(=O)NCCC/C=C/[N+](C)(C)C.[OH-]. The van der Waals surface area contributed by atoms with Gasteiger partial charge in [0.25, 0.3) is 0 Å². The van der Waals surface area contributed by atoms with Crippen molar-refractivity contribution in [2.24, 2.45) is 0 Å². The lowest BCUT2D eigenvalue weighted by molar-refractivity contribution is -0.817. The van der Waals surface area contributed by atoms with Crippen molar-refractivity contribution >= 4 is 5.91 Å². The number of carbonyl (C=O) groups is 1. The van der Waals surface area contributed by atoms with Crippen LogP contribution in [0.1, 0.15) is 19.8 Å². The molecule has 4 nitrogen and oxygen atoms in total. The van der Waals surface area contributed by atoms with Crippen LogP contribution < -0.4 is 5.32 Å². The number of nitrogens with one attached hydrogen (secondary N) is 1. The summed E-state index contributed by atoms with van der Waals surface area (Å²) in [5, 5.41) is 2.77. The zero-order valence-electron chi connectivity index (χ0n) is 9.58. The summed E-state index contributed by atoms with van der Waals surface area (Å²) in [6, 6.07) is 0.